The molecule has 0 fully saturated rings. The normalized spacial score (nSPS) is 10.1. The monoisotopic (exact) mass is 266 g/mol. The molecule has 0 aliphatic carbocycles. The third-order valence-corrected chi connectivity index (χ3v) is 2.84. The van der Waals surface area contributed by atoms with Crippen LogP contribution in [-0.4, -0.2) is 17.5 Å². The molecule has 1 aromatic heterocycles. The van der Waals surface area contributed by atoms with E-state index in [1.165, 1.54) is 23.5 Å². The molecule has 0 radical (unpaired) electrons. The van der Waals surface area contributed by atoms with Crippen molar-refractivity contribution >= 4 is 22.4 Å². The molecule has 1 heterocycles. The Morgan fingerprint density at radius 3 is 3.00 bits per heavy atom. The molecule has 0 saturated heterocycles. The van der Waals surface area contributed by atoms with Crippen molar-refractivity contribution in [3.8, 4) is 5.75 Å². The Morgan fingerprint density at radius 2 is 2.39 bits per heavy atom. The summed E-state index contributed by atoms with van der Waals surface area (Å²) in [6.07, 6.45) is 1.58. The van der Waals surface area contributed by atoms with E-state index in [0.29, 0.717) is 11.7 Å². The van der Waals surface area contributed by atoms with Gasteiger partial charge >= 0.3 is 0 Å². The summed E-state index contributed by atoms with van der Waals surface area (Å²) in [4.78, 5) is 15.7. The van der Waals surface area contributed by atoms with Crippen LogP contribution in [0.1, 0.15) is 17.3 Å². The topological polar surface area (TPSA) is 51.2 Å². The number of carbonyl (C=O) groups is 1. The number of anilines is 1. The number of halogens is 1. The van der Waals surface area contributed by atoms with Gasteiger partial charge in [0.05, 0.1) is 6.61 Å². The number of rotatable bonds is 4. The Kier molecular flexibility index (Phi) is 3.88. The summed E-state index contributed by atoms with van der Waals surface area (Å²) in [5.74, 6) is -0.807. The molecule has 6 heteroatoms. The van der Waals surface area contributed by atoms with Crippen LogP contribution in [0.5, 0.6) is 5.75 Å². The molecule has 1 N–H and O–H groups in total. The minimum absolute atomic E-state index is 0.142. The zero-order valence-corrected chi connectivity index (χ0v) is 10.5. The number of thiazole rings is 1. The van der Waals surface area contributed by atoms with Gasteiger partial charge in [-0.15, -0.1) is 11.3 Å². The van der Waals surface area contributed by atoms with Gasteiger partial charge in [-0.25, -0.2) is 9.37 Å². The summed E-state index contributed by atoms with van der Waals surface area (Å²) in [6.45, 7) is 2.14. The SMILES string of the molecule is CCOc1ccc(C(=O)Nc2nccs2)cc1F. The molecule has 2 rings (SSSR count). The minimum Gasteiger partial charge on any atom is -0.491 e. The molecule has 0 aliphatic rings. The summed E-state index contributed by atoms with van der Waals surface area (Å²) in [6, 6.07) is 4.10. The fraction of sp³-hybridized carbons (Fsp3) is 0.167. The van der Waals surface area contributed by atoms with E-state index in [-0.39, 0.29) is 11.3 Å². The fourth-order valence-corrected chi connectivity index (χ4v) is 1.89. The summed E-state index contributed by atoms with van der Waals surface area (Å²) in [7, 11) is 0. The van der Waals surface area contributed by atoms with Gasteiger partial charge in [-0.2, -0.15) is 0 Å². The highest BCUT2D eigenvalue weighted by Gasteiger charge is 2.11. The largest absolute Gasteiger partial charge is 0.491 e. The molecule has 1 amide bonds. The van der Waals surface area contributed by atoms with E-state index in [9.17, 15) is 9.18 Å². The fourth-order valence-electron chi connectivity index (χ4n) is 1.37. The molecule has 0 atom stereocenters. The highest BCUT2D eigenvalue weighted by atomic mass is 32.1. The maximum Gasteiger partial charge on any atom is 0.257 e. The van der Waals surface area contributed by atoms with Gasteiger partial charge in [0.2, 0.25) is 0 Å². The number of ether oxygens (including phenoxy) is 1. The molecular weight excluding hydrogens is 255 g/mol. The summed E-state index contributed by atoms with van der Waals surface area (Å²) in [5.41, 5.74) is 0.228. The van der Waals surface area contributed by atoms with Crippen LogP contribution in [0.15, 0.2) is 29.8 Å². The molecule has 4 nitrogen and oxygen atoms in total. The Labute approximate surface area is 107 Å². The molecule has 0 aliphatic heterocycles. The lowest BCUT2D eigenvalue weighted by molar-refractivity contribution is 0.102. The zero-order valence-electron chi connectivity index (χ0n) is 9.64. The summed E-state index contributed by atoms with van der Waals surface area (Å²) in [5, 5.41) is 4.80. The summed E-state index contributed by atoms with van der Waals surface area (Å²) < 4.78 is 18.6. The number of carbonyl (C=O) groups excluding carboxylic acids is 1. The lowest BCUT2D eigenvalue weighted by Crippen LogP contribution is -2.12. The second-order valence-corrected chi connectivity index (χ2v) is 4.26. The van der Waals surface area contributed by atoms with Crippen molar-refractivity contribution in [1.82, 2.24) is 4.98 Å². The number of benzene rings is 1. The van der Waals surface area contributed by atoms with E-state index in [4.69, 9.17) is 4.74 Å². The predicted octanol–water partition coefficient (Wildman–Crippen LogP) is 2.93. The number of nitrogens with one attached hydrogen (secondary N) is 1. The number of aromatic nitrogens is 1. The second-order valence-electron chi connectivity index (χ2n) is 3.37. The molecule has 2 aromatic rings. The van der Waals surface area contributed by atoms with E-state index in [0.717, 1.165) is 6.07 Å². The van der Waals surface area contributed by atoms with Crippen LogP contribution < -0.4 is 10.1 Å². The molecule has 0 bridgehead atoms. The van der Waals surface area contributed by atoms with Crippen molar-refractivity contribution in [2.75, 3.05) is 11.9 Å². The third kappa shape index (κ3) is 2.84. The molecule has 94 valence electrons. The number of hydrogen-bond acceptors (Lipinski definition) is 4. The molecule has 1 aromatic carbocycles. The zero-order chi connectivity index (χ0) is 13.0. The lowest BCUT2D eigenvalue weighted by atomic mass is 10.2. The Morgan fingerprint density at radius 1 is 1.56 bits per heavy atom. The lowest BCUT2D eigenvalue weighted by Gasteiger charge is -2.06. The van der Waals surface area contributed by atoms with Gasteiger partial charge in [0.15, 0.2) is 16.7 Å². The van der Waals surface area contributed by atoms with E-state index in [1.807, 2.05) is 0 Å². The smallest absolute Gasteiger partial charge is 0.257 e. The highest BCUT2D eigenvalue weighted by molar-refractivity contribution is 7.13. The van der Waals surface area contributed by atoms with Gasteiger partial charge in [0.25, 0.3) is 5.91 Å². The van der Waals surface area contributed by atoms with Crippen LogP contribution in [0.3, 0.4) is 0 Å². The average molecular weight is 266 g/mol. The van der Waals surface area contributed by atoms with E-state index >= 15 is 0 Å². The Bertz CT molecular complexity index is 543. The highest BCUT2D eigenvalue weighted by Crippen LogP contribution is 2.19. The molecule has 0 unspecified atom stereocenters. The van der Waals surface area contributed by atoms with Crippen LogP contribution in [0.2, 0.25) is 0 Å². The van der Waals surface area contributed by atoms with Gasteiger partial charge in [-0.05, 0) is 25.1 Å². The van der Waals surface area contributed by atoms with Gasteiger partial charge in [0.1, 0.15) is 0 Å². The summed E-state index contributed by atoms with van der Waals surface area (Å²) >= 11 is 1.30. The van der Waals surface area contributed by atoms with Crippen molar-refractivity contribution in [1.29, 1.82) is 0 Å². The van der Waals surface area contributed by atoms with Crippen LogP contribution in [0, 0.1) is 5.82 Å². The van der Waals surface area contributed by atoms with Gasteiger partial charge < -0.3 is 4.74 Å². The van der Waals surface area contributed by atoms with Crippen molar-refractivity contribution in [3.63, 3.8) is 0 Å². The van der Waals surface area contributed by atoms with Crippen molar-refractivity contribution in [3.05, 3.63) is 41.2 Å². The quantitative estimate of drug-likeness (QED) is 0.925. The molecule has 0 saturated carbocycles. The minimum atomic E-state index is -0.552. The van der Waals surface area contributed by atoms with Crippen LogP contribution in [0.4, 0.5) is 9.52 Å². The van der Waals surface area contributed by atoms with Crippen molar-refractivity contribution < 1.29 is 13.9 Å². The third-order valence-electron chi connectivity index (χ3n) is 2.15. The number of hydrogen-bond donors (Lipinski definition) is 1. The van der Waals surface area contributed by atoms with Crippen LogP contribution in [-0.2, 0) is 0 Å². The van der Waals surface area contributed by atoms with Crippen LogP contribution >= 0.6 is 11.3 Å². The van der Waals surface area contributed by atoms with Gasteiger partial charge in [-0.3, -0.25) is 10.1 Å². The van der Waals surface area contributed by atoms with E-state index in [2.05, 4.69) is 10.3 Å². The number of nitrogens with zero attached hydrogens (tertiary/aromatic N) is 1. The van der Waals surface area contributed by atoms with Gasteiger partial charge in [0, 0.05) is 17.1 Å². The first kappa shape index (κ1) is 12.5. The van der Waals surface area contributed by atoms with E-state index in [1.54, 1.807) is 18.5 Å². The van der Waals surface area contributed by atoms with Gasteiger partial charge in [-0.1, -0.05) is 0 Å². The first-order valence-corrected chi connectivity index (χ1v) is 6.22. The maximum atomic E-state index is 13.6. The van der Waals surface area contributed by atoms with E-state index < -0.39 is 11.7 Å². The molecule has 0 spiro atoms. The Balaban J connectivity index is 2.13. The first-order chi connectivity index (χ1) is 8.70. The maximum absolute atomic E-state index is 13.6. The average Bonchev–Trinajstić information content (AvgIpc) is 2.84. The second kappa shape index (κ2) is 5.59. The van der Waals surface area contributed by atoms with Crippen LogP contribution in [0.25, 0.3) is 0 Å². The number of amides is 1. The first-order valence-electron chi connectivity index (χ1n) is 5.34. The molecule has 18 heavy (non-hydrogen) atoms. The standard InChI is InChI=1S/C12H11FN2O2S/c1-2-17-10-4-3-8(7-9(10)13)11(16)15-12-14-5-6-18-12/h3-7H,2H2,1H3,(H,14,15,16). The predicted molar refractivity (Wildman–Crippen MR) is 67.6 cm³/mol. The van der Waals surface area contributed by atoms with Crippen molar-refractivity contribution in [2.45, 2.75) is 6.92 Å². The molecular formula is C12H11FN2O2S. The Hall–Kier alpha value is -1.95. The van der Waals surface area contributed by atoms with Crippen molar-refractivity contribution in [2.24, 2.45) is 0 Å².